The van der Waals surface area contributed by atoms with Gasteiger partial charge in [0.05, 0.1) is 9.82 Å². The van der Waals surface area contributed by atoms with Crippen LogP contribution in [0.1, 0.15) is 0 Å². The van der Waals surface area contributed by atoms with E-state index in [9.17, 15) is 18.5 Å². The van der Waals surface area contributed by atoms with Crippen LogP contribution in [0.4, 0.5) is 17.1 Å². The molecule has 0 spiro atoms. The first kappa shape index (κ1) is 20.0. The summed E-state index contributed by atoms with van der Waals surface area (Å²) in [5.74, 6) is 0. The Morgan fingerprint density at radius 2 is 1.77 bits per heavy atom. The van der Waals surface area contributed by atoms with E-state index < -0.39 is 14.9 Å². The monoisotopic (exact) mass is 414 g/mol. The molecule has 26 heavy (non-hydrogen) atoms. The van der Waals surface area contributed by atoms with E-state index in [1.807, 2.05) is 0 Å². The van der Waals surface area contributed by atoms with Crippen molar-refractivity contribution in [2.24, 2.45) is 0 Å². The first-order valence-corrected chi connectivity index (χ1v) is 9.38. The van der Waals surface area contributed by atoms with Crippen molar-refractivity contribution in [2.45, 2.75) is 4.90 Å². The SMILES string of the molecule is CN(C)S(=O)(=O)c1cccc(NC(=S)Nc2ccc(Cl)c([N+](=O)[O-])c2)c1. The van der Waals surface area contributed by atoms with Crippen LogP contribution in [0, 0.1) is 10.1 Å². The predicted molar refractivity (Wildman–Crippen MR) is 105 cm³/mol. The molecule has 2 aromatic carbocycles. The minimum Gasteiger partial charge on any atom is -0.332 e. The van der Waals surface area contributed by atoms with Crippen molar-refractivity contribution in [2.75, 3.05) is 24.7 Å². The molecule has 0 amide bonds. The number of nitrogens with one attached hydrogen (secondary N) is 2. The lowest BCUT2D eigenvalue weighted by Crippen LogP contribution is -2.23. The third-order valence-corrected chi connectivity index (χ3v) is 5.61. The number of anilines is 2. The second-order valence-corrected chi connectivity index (χ2v) is 8.28. The van der Waals surface area contributed by atoms with Gasteiger partial charge in [-0.3, -0.25) is 10.1 Å². The maximum absolute atomic E-state index is 12.2. The molecule has 0 heterocycles. The lowest BCUT2D eigenvalue weighted by molar-refractivity contribution is -0.384. The molecule has 0 aliphatic carbocycles. The molecule has 0 unspecified atom stereocenters. The summed E-state index contributed by atoms with van der Waals surface area (Å²) in [6, 6.07) is 10.3. The fourth-order valence-corrected chi connectivity index (χ4v) is 3.34. The van der Waals surface area contributed by atoms with Gasteiger partial charge in [-0.05, 0) is 42.5 Å². The van der Waals surface area contributed by atoms with Crippen molar-refractivity contribution in [3.05, 3.63) is 57.6 Å². The van der Waals surface area contributed by atoms with E-state index in [2.05, 4.69) is 10.6 Å². The number of rotatable bonds is 5. The Morgan fingerprint density at radius 3 is 2.35 bits per heavy atom. The molecule has 0 aliphatic rings. The van der Waals surface area contributed by atoms with Crippen LogP contribution in [-0.2, 0) is 10.0 Å². The lowest BCUT2D eigenvalue weighted by Gasteiger charge is -2.14. The number of thiocarbonyl (C=S) groups is 1. The molecule has 0 aliphatic heterocycles. The van der Waals surface area contributed by atoms with Crippen LogP contribution in [-0.4, -0.2) is 36.9 Å². The summed E-state index contributed by atoms with van der Waals surface area (Å²) in [5.41, 5.74) is 0.572. The van der Waals surface area contributed by atoms with Crippen molar-refractivity contribution >= 4 is 56.0 Å². The van der Waals surface area contributed by atoms with E-state index in [1.54, 1.807) is 12.1 Å². The van der Waals surface area contributed by atoms with E-state index in [1.165, 1.54) is 44.4 Å². The first-order chi connectivity index (χ1) is 12.1. The zero-order valence-corrected chi connectivity index (χ0v) is 16.2. The third-order valence-electron chi connectivity index (χ3n) is 3.27. The smallest absolute Gasteiger partial charge is 0.289 e. The Kier molecular flexibility index (Phi) is 6.13. The molecule has 2 rings (SSSR count). The summed E-state index contributed by atoms with van der Waals surface area (Å²) < 4.78 is 25.4. The highest BCUT2D eigenvalue weighted by atomic mass is 35.5. The van der Waals surface area contributed by atoms with Gasteiger partial charge in [0.15, 0.2) is 5.11 Å². The minimum atomic E-state index is -3.57. The quantitative estimate of drug-likeness (QED) is 0.439. The van der Waals surface area contributed by atoms with Gasteiger partial charge in [0.1, 0.15) is 5.02 Å². The van der Waals surface area contributed by atoms with Crippen LogP contribution in [0.5, 0.6) is 0 Å². The van der Waals surface area contributed by atoms with Crippen LogP contribution in [0.3, 0.4) is 0 Å². The normalized spacial score (nSPS) is 11.2. The summed E-state index contributed by atoms with van der Waals surface area (Å²) in [7, 11) is -0.695. The molecule has 8 nitrogen and oxygen atoms in total. The maximum atomic E-state index is 12.2. The highest BCUT2D eigenvalue weighted by Crippen LogP contribution is 2.27. The molecule has 2 N–H and O–H groups in total. The molecule has 0 bridgehead atoms. The molecule has 2 aromatic rings. The number of nitrogens with zero attached hydrogens (tertiary/aromatic N) is 2. The highest BCUT2D eigenvalue weighted by molar-refractivity contribution is 7.89. The number of sulfonamides is 1. The number of nitro groups is 1. The topological polar surface area (TPSA) is 105 Å². The summed E-state index contributed by atoms with van der Waals surface area (Å²) in [4.78, 5) is 10.4. The van der Waals surface area contributed by atoms with Crippen LogP contribution in [0.2, 0.25) is 5.02 Å². The van der Waals surface area contributed by atoms with Crippen LogP contribution in [0.15, 0.2) is 47.4 Å². The van der Waals surface area contributed by atoms with Crippen molar-refractivity contribution < 1.29 is 13.3 Å². The van der Waals surface area contributed by atoms with Crippen molar-refractivity contribution in [3.8, 4) is 0 Å². The van der Waals surface area contributed by atoms with Gasteiger partial charge in [0.25, 0.3) is 5.69 Å². The van der Waals surface area contributed by atoms with Gasteiger partial charge in [-0.2, -0.15) is 0 Å². The standard InChI is InChI=1S/C15H15ClN4O4S2/c1-19(2)26(23,24)12-5-3-4-10(8-12)17-15(25)18-11-6-7-13(16)14(9-11)20(21)22/h3-9H,1-2H3,(H2,17,18,25). The average Bonchev–Trinajstić information content (AvgIpc) is 2.56. The van der Waals surface area contributed by atoms with Gasteiger partial charge in [0, 0.05) is 31.5 Å². The van der Waals surface area contributed by atoms with Crippen LogP contribution < -0.4 is 10.6 Å². The molecule has 138 valence electrons. The van der Waals surface area contributed by atoms with Gasteiger partial charge in [-0.1, -0.05) is 17.7 Å². The lowest BCUT2D eigenvalue weighted by atomic mass is 10.3. The predicted octanol–water partition coefficient (Wildman–Crippen LogP) is 3.31. The Morgan fingerprint density at radius 1 is 1.15 bits per heavy atom. The Hall–Kier alpha value is -2.27. The Bertz CT molecular complexity index is 964. The van der Waals surface area contributed by atoms with Crippen molar-refractivity contribution in [3.63, 3.8) is 0 Å². The van der Waals surface area contributed by atoms with E-state index in [0.29, 0.717) is 11.4 Å². The molecule has 0 saturated carbocycles. The molecule has 11 heteroatoms. The zero-order chi connectivity index (χ0) is 19.5. The molecular weight excluding hydrogens is 400 g/mol. The highest BCUT2D eigenvalue weighted by Gasteiger charge is 2.17. The first-order valence-electron chi connectivity index (χ1n) is 7.16. The summed E-state index contributed by atoms with van der Waals surface area (Å²) in [6.07, 6.45) is 0. The van der Waals surface area contributed by atoms with Crippen molar-refractivity contribution in [1.82, 2.24) is 4.31 Å². The van der Waals surface area contributed by atoms with Gasteiger partial charge in [0.2, 0.25) is 10.0 Å². The zero-order valence-electron chi connectivity index (χ0n) is 13.8. The van der Waals surface area contributed by atoms with E-state index in [-0.39, 0.29) is 20.7 Å². The number of hydrogen-bond donors (Lipinski definition) is 2. The second-order valence-electron chi connectivity index (χ2n) is 5.32. The molecule has 0 atom stereocenters. The van der Waals surface area contributed by atoms with E-state index in [0.717, 1.165) is 4.31 Å². The van der Waals surface area contributed by atoms with Gasteiger partial charge < -0.3 is 10.6 Å². The van der Waals surface area contributed by atoms with Gasteiger partial charge in [-0.15, -0.1) is 0 Å². The molecular formula is C15H15ClN4O4S2. The Balaban J connectivity index is 2.16. The van der Waals surface area contributed by atoms with Crippen LogP contribution >= 0.6 is 23.8 Å². The summed E-state index contributed by atoms with van der Waals surface area (Å²) in [5, 5.41) is 16.7. The van der Waals surface area contributed by atoms with Gasteiger partial charge >= 0.3 is 0 Å². The summed E-state index contributed by atoms with van der Waals surface area (Å²) >= 11 is 10.9. The number of nitro benzene ring substituents is 1. The fourth-order valence-electron chi connectivity index (χ4n) is 1.97. The Labute approximate surface area is 161 Å². The van der Waals surface area contributed by atoms with Crippen LogP contribution in [0.25, 0.3) is 0 Å². The largest absolute Gasteiger partial charge is 0.332 e. The maximum Gasteiger partial charge on any atom is 0.289 e. The molecule has 0 fully saturated rings. The summed E-state index contributed by atoms with van der Waals surface area (Å²) in [6.45, 7) is 0. The third kappa shape index (κ3) is 4.67. The van der Waals surface area contributed by atoms with Gasteiger partial charge in [-0.25, -0.2) is 12.7 Å². The van der Waals surface area contributed by atoms with Crippen molar-refractivity contribution in [1.29, 1.82) is 0 Å². The number of halogens is 1. The van der Waals surface area contributed by atoms with E-state index >= 15 is 0 Å². The molecule has 0 aromatic heterocycles. The molecule has 0 saturated heterocycles. The molecule has 0 radical (unpaired) electrons. The minimum absolute atomic E-state index is 0.0148. The fraction of sp³-hybridized carbons (Fsp3) is 0.133. The van der Waals surface area contributed by atoms with E-state index in [4.69, 9.17) is 23.8 Å². The number of benzene rings is 2. The number of hydrogen-bond acceptors (Lipinski definition) is 5. The average molecular weight is 415 g/mol. The second kappa shape index (κ2) is 7.96.